The van der Waals surface area contributed by atoms with Gasteiger partial charge in [0.05, 0.1) is 26.2 Å². The van der Waals surface area contributed by atoms with Crippen LogP contribution in [0, 0.1) is 5.82 Å². The van der Waals surface area contributed by atoms with Crippen LogP contribution in [0.1, 0.15) is 33.1 Å². The fraction of sp³-hybridized carbons (Fsp3) is 0.600. The highest BCUT2D eigenvalue weighted by atomic mass is 19.1. The molecule has 18 heavy (non-hydrogen) atoms. The lowest BCUT2D eigenvalue weighted by molar-refractivity contribution is -0.896. The third-order valence-corrected chi connectivity index (χ3v) is 3.26. The first-order valence-electron chi connectivity index (χ1n) is 6.98. The van der Waals surface area contributed by atoms with Gasteiger partial charge in [0.15, 0.2) is 0 Å². The molecule has 2 nitrogen and oxygen atoms in total. The fourth-order valence-corrected chi connectivity index (χ4v) is 1.98. The van der Waals surface area contributed by atoms with Crippen molar-refractivity contribution in [3.63, 3.8) is 0 Å². The highest BCUT2D eigenvalue weighted by Gasteiger charge is 2.01. The van der Waals surface area contributed by atoms with Crippen molar-refractivity contribution in [2.24, 2.45) is 0 Å². The molecule has 3 heteroatoms. The minimum absolute atomic E-state index is 0.218. The largest absolute Gasteiger partial charge is 0.494 e. The SMILES string of the molecule is CC[NH+](CC)CCCCCOc1ccc(F)cc1. The van der Waals surface area contributed by atoms with Gasteiger partial charge in [0, 0.05) is 0 Å². The van der Waals surface area contributed by atoms with Crippen molar-refractivity contribution in [3.05, 3.63) is 30.1 Å². The number of quaternary nitrogens is 1. The van der Waals surface area contributed by atoms with Crippen molar-refractivity contribution in [3.8, 4) is 5.75 Å². The van der Waals surface area contributed by atoms with E-state index < -0.39 is 0 Å². The summed E-state index contributed by atoms with van der Waals surface area (Å²) in [5.74, 6) is 0.537. The molecule has 1 N–H and O–H groups in total. The Labute approximate surface area is 110 Å². The molecule has 0 aliphatic heterocycles. The second kappa shape index (κ2) is 8.92. The van der Waals surface area contributed by atoms with E-state index in [0.717, 1.165) is 18.8 Å². The predicted molar refractivity (Wildman–Crippen MR) is 72.7 cm³/mol. The topological polar surface area (TPSA) is 13.7 Å². The number of hydrogen-bond donors (Lipinski definition) is 1. The summed E-state index contributed by atoms with van der Waals surface area (Å²) in [5, 5.41) is 0. The van der Waals surface area contributed by atoms with E-state index in [9.17, 15) is 4.39 Å². The maximum atomic E-state index is 12.7. The van der Waals surface area contributed by atoms with Crippen LogP contribution in [-0.2, 0) is 0 Å². The number of hydrogen-bond acceptors (Lipinski definition) is 1. The van der Waals surface area contributed by atoms with Gasteiger partial charge >= 0.3 is 0 Å². The highest BCUT2D eigenvalue weighted by Crippen LogP contribution is 2.11. The number of ether oxygens (including phenoxy) is 1. The normalized spacial score (nSPS) is 10.9. The molecule has 0 aliphatic rings. The summed E-state index contributed by atoms with van der Waals surface area (Å²) >= 11 is 0. The molecule has 0 unspecified atom stereocenters. The van der Waals surface area contributed by atoms with E-state index in [-0.39, 0.29) is 5.82 Å². The van der Waals surface area contributed by atoms with Gasteiger partial charge in [0.2, 0.25) is 0 Å². The summed E-state index contributed by atoms with van der Waals surface area (Å²) in [5.41, 5.74) is 0. The van der Waals surface area contributed by atoms with E-state index in [4.69, 9.17) is 4.74 Å². The van der Waals surface area contributed by atoms with Crippen LogP contribution >= 0.6 is 0 Å². The Kier molecular flexibility index (Phi) is 7.42. The van der Waals surface area contributed by atoms with Crippen LogP contribution in [0.2, 0.25) is 0 Å². The Morgan fingerprint density at radius 3 is 2.28 bits per heavy atom. The maximum Gasteiger partial charge on any atom is 0.123 e. The van der Waals surface area contributed by atoms with Crippen LogP contribution < -0.4 is 9.64 Å². The van der Waals surface area contributed by atoms with E-state index in [1.807, 2.05) is 0 Å². The Balaban J connectivity index is 2.03. The van der Waals surface area contributed by atoms with Crippen LogP contribution in [0.5, 0.6) is 5.75 Å². The Bertz CT molecular complexity index is 309. The first-order valence-corrected chi connectivity index (χ1v) is 6.98. The van der Waals surface area contributed by atoms with E-state index in [2.05, 4.69) is 13.8 Å². The monoisotopic (exact) mass is 254 g/mol. The summed E-state index contributed by atoms with van der Waals surface area (Å²) in [6.07, 6.45) is 3.52. The first kappa shape index (κ1) is 15.0. The predicted octanol–water partition coefficient (Wildman–Crippen LogP) is 2.30. The third kappa shape index (κ3) is 6.01. The third-order valence-electron chi connectivity index (χ3n) is 3.26. The van der Waals surface area contributed by atoms with Gasteiger partial charge in [-0.3, -0.25) is 0 Å². The quantitative estimate of drug-likeness (QED) is 0.668. The minimum Gasteiger partial charge on any atom is -0.494 e. The number of halogens is 1. The summed E-state index contributed by atoms with van der Waals surface area (Å²) in [6, 6.07) is 6.21. The Hall–Kier alpha value is -1.09. The maximum absolute atomic E-state index is 12.7. The summed E-state index contributed by atoms with van der Waals surface area (Å²) in [7, 11) is 0. The molecule has 0 saturated heterocycles. The van der Waals surface area contributed by atoms with Crippen LogP contribution in [0.3, 0.4) is 0 Å². The zero-order valence-electron chi connectivity index (χ0n) is 11.5. The van der Waals surface area contributed by atoms with Gasteiger partial charge in [0.1, 0.15) is 11.6 Å². The lowest BCUT2D eigenvalue weighted by atomic mass is 10.2. The van der Waals surface area contributed by atoms with Crippen LogP contribution in [0.15, 0.2) is 24.3 Å². The van der Waals surface area contributed by atoms with Crippen molar-refractivity contribution < 1.29 is 14.0 Å². The van der Waals surface area contributed by atoms with Crippen LogP contribution in [0.25, 0.3) is 0 Å². The average Bonchev–Trinajstić information content (AvgIpc) is 2.40. The van der Waals surface area contributed by atoms with E-state index in [1.54, 1.807) is 17.0 Å². The molecule has 102 valence electrons. The van der Waals surface area contributed by atoms with E-state index in [1.165, 1.54) is 44.6 Å². The lowest BCUT2D eigenvalue weighted by Gasteiger charge is -2.14. The van der Waals surface area contributed by atoms with Gasteiger partial charge in [-0.05, 0) is 57.4 Å². The molecule has 1 aromatic carbocycles. The fourth-order valence-electron chi connectivity index (χ4n) is 1.98. The van der Waals surface area contributed by atoms with Gasteiger partial charge in [-0.15, -0.1) is 0 Å². The van der Waals surface area contributed by atoms with Gasteiger partial charge < -0.3 is 9.64 Å². The van der Waals surface area contributed by atoms with Gasteiger partial charge in [-0.25, -0.2) is 4.39 Å². The van der Waals surface area contributed by atoms with Crippen LogP contribution in [-0.4, -0.2) is 26.2 Å². The molecule has 0 heterocycles. The van der Waals surface area contributed by atoms with Crippen molar-refractivity contribution in [1.82, 2.24) is 0 Å². The summed E-state index contributed by atoms with van der Waals surface area (Å²) in [4.78, 5) is 1.66. The smallest absolute Gasteiger partial charge is 0.123 e. The van der Waals surface area contributed by atoms with Crippen LogP contribution in [0.4, 0.5) is 4.39 Å². The van der Waals surface area contributed by atoms with Crippen molar-refractivity contribution >= 4 is 0 Å². The molecular weight excluding hydrogens is 229 g/mol. The molecule has 0 atom stereocenters. The number of nitrogens with one attached hydrogen (secondary N) is 1. The number of benzene rings is 1. The Morgan fingerprint density at radius 2 is 1.67 bits per heavy atom. The molecule has 0 amide bonds. The molecule has 0 aromatic heterocycles. The summed E-state index contributed by atoms with van der Waals surface area (Å²) < 4.78 is 18.2. The molecule has 0 saturated carbocycles. The van der Waals surface area contributed by atoms with Crippen molar-refractivity contribution in [2.45, 2.75) is 33.1 Å². The second-order valence-corrected chi connectivity index (χ2v) is 4.57. The molecule has 0 bridgehead atoms. The van der Waals surface area contributed by atoms with Crippen molar-refractivity contribution in [2.75, 3.05) is 26.2 Å². The van der Waals surface area contributed by atoms with Gasteiger partial charge in [0.25, 0.3) is 0 Å². The highest BCUT2D eigenvalue weighted by molar-refractivity contribution is 5.21. The average molecular weight is 254 g/mol. The Morgan fingerprint density at radius 1 is 1.00 bits per heavy atom. The molecule has 0 spiro atoms. The standard InChI is InChI=1S/C15H24FNO/c1-3-17(4-2)12-6-5-7-13-18-15-10-8-14(16)9-11-15/h8-11H,3-7,12-13H2,1-2H3/p+1. The lowest BCUT2D eigenvalue weighted by Crippen LogP contribution is -3.11. The molecular formula is C15H25FNO+. The van der Waals surface area contributed by atoms with E-state index >= 15 is 0 Å². The second-order valence-electron chi connectivity index (χ2n) is 4.57. The number of unbranched alkanes of at least 4 members (excludes halogenated alkanes) is 2. The molecule has 1 aromatic rings. The van der Waals surface area contributed by atoms with Gasteiger partial charge in [-0.2, -0.15) is 0 Å². The summed E-state index contributed by atoms with van der Waals surface area (Å²) in [6.45, 7) is 8.86. The molecule has 0 radical (unpaired) electrons. The minimum atomic E-state index is -0.218. The molecule has 0 fully saturated rings. The first-order chi connectivity index (χ1) is 8.76. The molecule has 0 aliphatic carbocycles. The number of rotatable bonds is 9. The van der Waals surface area contributed by atoms with Crippen molar-refractivity contribution in [1.29, 1.82) is 0 Å². The zero-order valence-corrected chi connectivity index (χ0v) is 11.5. The zero-order chi connectivity index (χ0) is 13.2. The molecule has 1 rings (SSSR count). The van der Waals surface area contributed by atoms with Gasteiger partial charge in [-0.1, -0.05) is 0 Å². The van der Waals surface area contributed by atoms with E-state index in [0.29, 0.717) is 0 Å².